The Bertz CT molecular complexity index is 818. The van der Waals surface area contributed by atoms with E-state index >= 15 is 0 Å². The molecule has 3 saturated heterocycles. The number of aromatic hydroxyl groups is 1. The van der Waals surface area contributed by atoms with Crippen LogP contribution in [0.4, 0.5) is 0 Å². The topological polar surface area (TPSA) is 83.3 Å². The summed E-state index contributed by atoms with van der Waals surface area (Å²) in [7, 11) is 0. The maximum Gasteiger partial charge on any atom is 0.224 e. The molecule has 2 N–H and O–H groups in total. The Kier molecular flexibility index (Phi) is 4.86. The Morgan fingerprint density at radius 2 is 2.26 bits per heavy atom. The van der Waals surface area contributed by atoms with Crippen LogP contribution in [0.25, 0.3) is 11.3 Å². The average molecular weight is 369 g/mol. The van der Waals surface area contributed by atoms with Gasteiger partial charge in [0.2, 0.25) is 5.91 Å². The van der Waals surface area contributed by atoms with E-state index in [9.17, 15) is 9.90 Å². The third-order valence-electron chi connectivity index (χ3n) is 5.72. The maximum atomic E-state index is 12.5. The fourth-order valence-electron chi connectivity index (χ4n) is 4.42. The van der Waals surface area contributed by atoms with Crippen molar-refractivity contribution in [1.82, 2.24) is 25.2 Å². The van der Waals surface area contributed by atoms with Crippen molar-refractivity contribution in [3.05, 3.63) is 30.5 Å². The molecule has 27 heavy (non-hydrogen) atoms. The van der Waals surface area contributed by atoms with Gasteiger partial charge in [-0.2, -0.15) is 0 Å². The molecule has 3 fully saturated rings. The summed E-state index contributed by atoms with van der Waals surface area (Å²) in [6.07, 6.45) is 4.05. The van der Waals surface area contributed by atoms with Crippen LogP contribution in [0.1, 0.15) is 26.7 Å². The van der Waals surface area contributed by atoms with E-state index in [0.29, 0.717) is 12.0 Å². The zero-order chi connectivity index (χ0) is 19.0. The molecule has 0 saturated carbocycles. The summed E-state index contributed by atoms with van der Waals surface area (Å²) in [6.45, 7) is 6.69. The van der Waals surface area contributed by atoms with E-state index in [2.05, 4.69) is 20.5 Å². The summed E-state index contributed by atoms with van der Waals surface area (Å²) < 4.78 is 1.88. The van der Waals surface area contributed by atoms with Gasteiger partial charge in [-0.15, -0.1) is 5.10 Å². The summed E-state index contributed by atoms with van der Waals surface area (Å²) in [5.74, 6) is 0.984. The quantitative estimate of drug-likeness (QED) is 0.841. The molecule has 2 aromatic rings. The van der Waals surface area contributed by atoms with Crippen molar-refractivity contribution in [1.29, 1.82) is 0 Å². The first kappa shape index (κ1) is 18.0. The standard InChI is InChI=1S/C20H27N5O2/c1-13(2)21-20(27)18-11-24-7-6-14(18)8-16(24)10-25-12-19(22-23-25)15-4-3-5-17(26)9-15/h3-5,9,12-14,16,18,26H,6-8,10-11H2,1-2H3,(H,21,27). The molecular formula is C20H27N5O2. The number of fused-ring (bicyclic) bond motifs is 3. The molecule has 0 radical (unpaired) electrons. The molecule has 3 aliphatic heterocycles. The molecule has 1 amide bonds. The van der Waals surface area contributed by atoms with E-state index in [4.69, 9.17) is 0 Å². The Morgan fingerprint density at radius 1 is 1.41 bits per heavy atom. The molecule has 4 unspecified atom stereocenters. The summed E-state index contributed by atoms with van der Waals surface area (Å²) >= 11 is 0. The van der Waals surface area contributed by atoms with Crippen LogP contribution in [0, 0.1) is 11.8 Å². The average Bonchev–Trinajstić information content (AvgIpc) is 3.10. The van der Waals surface area contributed by atoms with Crippen LogP contribution in [0.2, 0.25) is 0 Å². The van der Waals surface area contributed by atoms with Crippen LogP contribution in [-0.4, -0.2) is 56.1 Å². The lowest BCUT2D eigenvalue weighted by molar-refractivity contribution is -0.133. The van der Waals surface area contributed by atoms with Crippen molar-refractivity contribution in [2.24, 2.45) is 11.8 Å². The highest BCUT2D eigenvalue weighted by molar-refractivity contribution is 5.79. The number of aromatic nitrogens is 3. The van der Waals surface area contributed by atoms with Crippen molar-refractivity contribution >= 4 is 5.91 Å². The molecule has 7 heteroatoms. The van der Waals surface area contributed by atoms with Crippen LogP contribution >= 0.6 is 0 Å². The summed E-state index contributed by atoms with van der Waals surface area (Å²) in [4.78, 5) is 14.9. The number of benzene rings is 1. The second kappa shape index (κ2) is 7.31. The lowest BCUT2D eigenvalue weighted by Gasteiger charge is -2.49. The van der Waals surface area contributed by atoms with E-state index in [1.165, 1.54) is 0 Å². The van der Waals surface area contributed by atoms with Crippen molar-refractivity contribution in [2.45, 2.75) is 45.3 Å². The van der Waals surface area contributed by atoms with Gasteiger partial charge in [0.05, 0.1) is 18.7 Å². The molecule has 7 nitrogen and oxygen atoms in total. The SMILES string of the molecule is CC(C)NC(=O)C1CN2CCC1CC2Cn1cc(-c2cccc(O)c2)nn1. The Hall–Kier alpha value is -2.41. The molecule has 144 valence electrons. The van der Waals surface area contributed by atoms with E-state index in [-0.39, 0.29) is 23.6 Å². The third-order valence-corrected chi connectivity index (χ3v) is 5.72. The highest BCUT2D eigenvalue weighted by Gasteiger charge is 2.43. The molecule has 0 spiro atoms. The molecule has 5 rings (SSSR count). The number of carbonyl (C=O) groups excluding carboxylic acids is 1. The minimum atomic E-state index is 0.107. The van der Waals surface area contributed by atoms with Crippen molar-refractivity contribution < 1.29 is 9.90 Å². The van der Waals surface area contributed by atoms with Gasteiger partial charge in [0.1, 0.15) is 11.4 Å². The van der Waals surface area contributed by atoms with Gasteiger partial charge in [-0.25, -0.2) is 0 Å². The van der Waals surface area contributed by atoms with Gasteiger partial charge >= 0.3 is 0 Å². The first-order chi connectivity index (χ1) is 13.0. The molecule has 0 aliphatic carbocycles. The number of carbonyl (C=O) groups is 1. The Labute approximate surface area is 159 Å². The van der Waals surface area contributed by atoms with Crippen LogP contribution in [0.15, 0.2) is 30.5 Å². The predicted molar refractivity (Wildman–Crippen MR) is 102 cm³/mol. The van der Waals surface area contributed by atoms with E-state index in [1.807, 2.05) is 30.8 Å². The van der Waals surface area contributed by atoms with Gasteiger partial charge in [-0.1, -0.05) is 17.3 Å². The summed E-state index contributed by atoms with van der Waals surface area (Å²) in [5.41, 5.74) is 1.62. The first-order valence-electron chi connectivity index (χ1n) is 9.73. The second-order valence-electron chi connectivity index (χ2n) is 8.08. The van der Waals surface area contributed by atoms with Gasteiger partial charge < -0.3 is 10.4 Å². The predicted octanol–water partition coefficient (Wildman–Crippen LogP) is 1.89. The highest BCUT2D eigenvalue weighted by atomic mass is 16.3. The summed E-state index contributed by atoms with van der Waals surface area (Å²) in [6, 6.07) is 7.64. The first-order valence-corrected chi connectivity index (χ1v) is 9.73. The Morgan fingerprint density at radius 3 is 2.96 bits per heavy atom. The lowest BCUT2D eigenvalue weighted by Crippen LogP contribution is -2.58. The third kappa shape index (κ3) is 3.83. The minimum absolute atomic E-state index is 0.107. The maximum absolute atomic E-state index is 12.5. The van der Waals surface area contributed by atoms with E-state index < -0.39 is 0 Å². The fraction of sp³-hybridized carbons (Fsp3) is 0.550. The van der Waals surface area contributed by atoms with Crippen molar-refractivity contribution in [2.75, 3.05) is 13.1 Å². The van der Waals surface area contributed by atoms with Crippen LogP contribution in [-0.2, 0) is 11.3 Å². The van der Waals surface area contributed by atoms with Gasteiger partial charge in [-0.05, 0) is 51.3 Å². The van der Waals surface area contributed by atoms with Gasteiger partial charge in [-0.3, -0.25) is 14.4 Å². The number of phenolic OH excluding ortho intramolecular Hbond substituents is 1. The summed E-state index contributed by atoms with van der Waals surface area (Å²) in [5, 5.41) is 21.2. The van der Waals surface area contributed by atoms with Crippen molar-refractivity contribution in [3.8, 4) is 17.0 Å². The number of rotatable bonds is 5. The zero-order valence-corrected chi connectivity index (χ0v) is 15.9. The fourth-order valence-corrected chi connectivity index (χ4v) is 4.42. The van der Waals surface area contributed by atoms with Crippen LogP contribution < -0.4 is 5.32 Å². The molecule has 1 aromatic heterocycles. The van der Waals surface area contributed by atoms with Gasteiger partial charge in [0, 0.05) is 24.2 Å². The van der Waals surface area contributed by atoms with Crippen LogP contribution in [0.5, 0.6) is 5.75 Å². The molecule has 2 bridgehead atoms. The molecular weight excluding hydrogens is 342 g/mol. The van der Waals surface area contributed by atoms with Gasteiger partial charge in [0.25, 0.3) is 0 Å². The smallest absolute Gasteiger partial charge is 0.224 e. The van der Waals surface area contributed by atoms with Crippen LogP contribution in [0.3, 0.4) is 0 Å². The number of amides is 1. The monoisotopic (exact) mass is 369 g/mol. The number of nitrogens with one attached hydrogen (secondary N) is 1. The molecule has 3 aliphatic rings. The number of hydrogen-bond acceptors (Lipinski definition) is 5. The lowest BCUT2D eigenvalue weighted by atomic mass is 9.75. The zero-order valence-electron chi connectivity index (χ0n) is 15.9. The van der Waals surface area contributed by atoms with Gasteiger partial charge in [0.15, 0.2) is 0 Å². The number of nitrogens with zero attached hydrogens (tertiary/aromatic N) is 4. The molecule has 4 heterocycles. The van der Waals surface area contributed by atoms with E-state index in [1.54, 1.807) is 18.2 Å². The van der Waals surface area contributed by atoms with Crippen molar-refractivity contribution in [3.63, 3.8) is 0 Å². The largest absolute Gasteiger partial charge is 0.508 e. The molecule has 1 aromatic carbocycles. The second-order valence-corrected chi connectivity index (χ2v) is 8.08. The normalized spacial score (nSPS) is 27.1. The number of piperidine rings is 3. The van der Waals surface area contributed by atoms with E-state index in [0.717, 1.165) is 43.7 Å². The number of phenols is 1. The minimum Gasteiger partial charge on any atom is -0.508 e. The Balaban J connectivity index is 1.41. The molecule has 4 atom stereocenters. The number of hydrogen-bond donors (Lipinski definition) is 2. The highest BCUT2D eigenvalue weighted by Crippen LogP contribution is 2.37.